The van der Waals surface area contributed by atoms with Crippen LogP contribution in [0.4, 0.5) is 0 Å². The predicted molar refractivity (Wildman–Crippen MR) is 64.9 cm³/mol. The number of rotatable bonds is 1. The molecule has 0 saturated carbocycles. The molecular formula is C14H17N. The molecule has 0 spiro atoms. The van der Waals surface area contributed by atoms with Crippen LogP contribution in [0.25, 0.3) is 12.7 Å². The molecule has 0 saturated heterocycles. The van der Waals surface area contributed by atoms with Gasteiger partial charge in [-0.15, -0.1) is 0 Å². The summed E-state index contributed by atoms with van der Waals surface area (Å²) >= 11 is 0. The number of allylic oxidation sites excluding steroid dienone is 2. The van der Waals surface area contributed by atoms with E-state index in [9.17, 15) is 0 Å². The van der Waals surface area contributed by atoms with E-state index in [0.29, 0.717) is 0 Å². The van der Waals surface area contributed by atoms with Crippen LogP contribution in [0.1, 0.15) is 31.0 Å². The Morgan fingerprint density at radius 2 is 2.13 bits per heavy atom. The molecule has 1 heterocycles. The van der Waals surface area contributed by atoms with Gasteiger partial charge in [0, 0.05) is 5.69 Å². The van der Waals surface area contributed by atoms with Crippen LogP contribution >= 0.6 is 0 Å². The second kappa shape index (κ2) is 4.43. The second-order valence-electron chi connectivity index (χ2n) is 4.03. The van der Waals surface area contributed by atoms with Crippen LogP contribution in [0.5, 0.6) is 0 Å². The number of fused-ring (bicyclic) bond motifs is 1. The third-order valence-electron chi connectivity index (χ3n) is 2.88. The monoisotopic (exact) mass is 199 g/mol. The third-order valence-corrected chi connectivity index (χ3v) is 2.88. The van der Waals surface area contributed by atoms with E-state index in [1.165, 1.54) is 30.5 Å². The summed E-state index contributed by atoms with van der Waals surface area (Å²) in [5.41, 5.74) is 2.69. The quantitative estimate of drug-likeness (QED) is 0.671. The summed E-state index contributed by atoms with van der Waals surface area (Å²) in [4.78, 5) is 4.59. The van der Waals surface area contributed by atoms with Crippen molar-refractivity contribution in [3.63, 3.8) is 0 Å². The number of aryl methyl sites for hydroxylation is 2. The lowest BCUT2D eigenvalue weighted by atomic mass is 9.95. The smallest absolute Gasteiger partial charge is 0.0633 e. The van der Waals surface area contributed by atoms with E-state index < -0.39 is 0 Å². The van der Waals surface area contributed by atoms with Crippen LogP contribution in [-0.2, 0) is 12.8 Å². The first-order valence-corrected chi connectivity index (χ1v) is 5.62. The van der Waals surface area contributed by atoms with Crippen LogP contribution in [0.3, 0.4) is 0 Å². The first-order valence-electron chi connectivity index (χ1n) is 5.62. The zero-order valence-corrected chi connectivity index (χ0v) is 9.29. The van der Waals surface area contributed by atoms with Crippen LogP contribution in [0.15, 0.2) is 18.2 Å². The Kier molecular flexibility index (Phi) is 3.00. The molecule has 0 N–H and O–H groups in total. The standard InChI is InChI=1S/C14H17N/c1-3-4-7-12-10-13-8-5-6-9-14(13)15-11(12)2/h3-4,7,10H,2,5-6,8-9H2,1H3/b4-3-,12-7-. The fourth-order valence-corrected chi connectivity index (χ4v) is 2.04. The minimum atomic E-state index is 0.911. The summed E-state index contributed by atoms with van der Waals surface area (Å²) in [5, 5.41) is 2.07. The average Bonchev–Trinajstić information content (AvgIpc) is 2.26. The molecule has 15 heavy (non-hydrogen) atoms. The third kappa shape index (κ3) is 2.17. The SMILES string of the molecule is C=c1nc2c(c/c1=C/C=C\C)CCCC2. The first kappa shape index (κ1) is 10.2. The normalized spacial score (nSPS) is 17.0. The molecule has 0 aromatic carbocycles. The van der Waals surface area contributed by atoms with Gasteiger partial charge in [-0.1, -0.05) is 24.8 Å². The van der Waals surface area contributed by atoms with Gasteiger partial charge in [0.2, 0.25) is 0 Å². The Morgan fingerprint density at radius 1 is 1.33 bits per heavy atom. The Bertz CT molecular complexity index is 483. The van der Waals surface area contributed by atoms with Crippen molar-refractivity contribution in [1.82, 2.24) is 4.98 Å². The highest BCUT2D eigenvalue weighted by Gasteiger charge is 2.09. The Hall–Kier alpha value is -1.37. The largest absolute Gasteiger partial charge is 0.253 e. The van der Waals surface area contributed by atoms with E-state index in [2.05, 4.69) is 23.7 Å². The zero-order valence-electron chi connectivity index (χ0n) is 9.29. The Morgan fingerprint density at radius 3 is 2.93 bits per heavy atom. The summed E-state index contributed by atoms with van der Waals surface area (Å²) < 4.78 is 0. The summed E-state index contributed by atoms with van der Waals surface area (Å²) in [6, 6.07) is 2.25. The highest BCUT2D eigenvalue weighted by Crippen LogP contribution is 2.15. The number of pyridine rings is 1. The topological polar surface area (TPSA) is 12.9 Å². The fraction of sp³-hybridized carbons (Fsp3) is 0.357. The van der Waals surface area contributed by atoms with Crippen molar-refractivity contribution in [3.05, 3.63) is 40.0 Å². The summed E-state index contributed by atoms with van der Waals surface area (Å²) in [6.45, 7) is 6.02. The molecule has 0 fully saturated rings. The van der Waals surface area contributed by atoms with Gasteiger partial charge in [-0.25, -0.2) is 0 Å². The summed E-state index contributed by atoms with van der Waals surface area (Å²) in [5.74, 6) is 0. The highest BCUT2D eigenvalue weighted by molar-refractivity contribution is 5.38. The molecule has 0 aliphatic heterocycles. The predicted octanol–water partition coefficient (Wildman–Crippen LogP) is 1.73. The number of aromatic nitrogens is 1. The average molecular weight is 199 g/mol. The zero-order chi connectivity index (χ0) is 10.7. The molecule has 1 nitrogen and oxygen atoms in total. The van der Waals surface area contributed by atoms with Gasteiger partial charge in [0.25, 0.3) is 0 Å². The van der Waals surface area contributed by atoms with Gasteiger partial charge >= 0.3 is 0 Å². The molecule has 2 rings (SSSR count). The number of nitrogens with zero attached hydrogens (tertiary/aromatic N) is 1. The van der Waals surface area contributed by atoms with Gasteiger partial charge < -0.3 is 0 Å². The fourth-order valence-electron chi connectivity index (χ4n) is 2.04. The van der Waals surface area contributed by atoms with E-state index in [-0.39, 0.29) is 0 Å². The molecule has 0 amide bonds. The van der Waals surface area contributed by atoms with Crippen LogP contribution in [-0.4, -0.2) is 4.98 Å². The van der Waals surface area contributed by atoms with E-state index >= 15 is 0 Å². The van der Waals surface area contributed by atoms with Crippen molar-refractivity contribution in [3.8, 4) is 0 Å². The number of hydrogen-bond acceptors (Lipinski definition) is 1. The molecular weight excluding hydrogens is 182 g/mol. The summed E-state index contributed by atoms with van der Waals surface area (Å²) in [6.07, 6.45) is 11.0. The lowest BCUT2D eigenvalue weighted by Gasteiger charge is -2.13. The van der Waals surface area contributed by atoms with Crippen molar-refractivity contribution in [2.75, 3.05) is 0 Å². The van der Waals surface area contributed by atoms with E-state index in [0.717, 1.165) is 17.0 Å². The van der Waals surface area contributed by atoms with E-state index in [1.807, 2.05) is 19.1 Å². The van der Waals surface area contributed by atoms with Crippen molar-refractivity contribution in [1.29, 1.82) is 0 Å². The van der Waals surface area contributed by atoms with Crippen LogP contribution in [0, 0.1) is 0 Å². The maximum absolute atomic E-state index is 4.59. The van der Waals surface area contributed by atoms with Gasteiger partial charge in [-0.3, -0.25) is 4.98 Å². The minimum absolute atomic E-state index is 0.911. The first-order chi connectivity index (χ1) is 7.31. The minimum Gasteiger partial charge on any atom is -0.253 e. The molecule has 0 atom stereocenters. The molecule has 0 unspecified atom stereocenters. The van der Waals surface area contributed by atoms with Gasteiger partial charge in [-0.2, -0.15) is 0 Å². The maximum atomic E-state index is 4.59. The molecule has 1 aliphatic carbocycles. The van der Waals surface area contributed by atoms with Gasteiger partial charge in [0.15, 0.2) is 0 Å². The van der Waals surface area contributed by atoms with E-state index in [1.54, 1.807) is 0 Å². The number of hydrogen-bond donors (Lipinski definition) is 0. The van der Waals surface area contributed by atoms with Crippen molar-refractivity contribution >= 4 is 12.7 Å². The Labute approximate surface area is 90.9 Å². The molecule has 1 heteroatoms. The van der Waals surface area contributed by atoms with Crippen molar-refractivity contribution < 1.29 is 0 Å². The lowest BCUT2D eigenvalue weighted by Crippen LogP contribution is -2.30. The van der Waals surface area contributed by atoms with Gasteiger partial charge in [0.1, 0.15) is 0 Å². The van der Waals surface area contributed by atoms with Gasteiger partial charge in [0.05, 0.1) is 5.35 Å². The molecule has 0 radical (unpaired) electrons. The van der Waals surface area contributed by atoms with Crippen LogP contribution in [0.2, 0.25) is 0 Å². The molecule has 0 bridgehead atoms. The van der Waals surface area contributed by atoms with Crippen LogP contribution < -0.4 is 10.6 Å². The Balaban J connectivity index is 2.54. The maximum Gasteiger partial charge on any atom is 0.0633 e. The van der Waals surface area contributed by atoms with Crippen molar-refractivity contribution in [2.45, 2.75) is 32.6 Å². The molecule has 1 aromatic rings. The van der Waals surface area contributed by atoms with E-state index in [4.69, 9.17) is 0 Å². The molecule has 1 aromatic heterocycles. The second-order valence-corrected chi connectivity index (χ2v) is 4.03. The summed E-state index contributed by atoms with van der Waals surface area (Å²) in [7, 11) is 0. The highest BCUT2D eigenvalue weighted by atomic mass is 14.7. The molecule has 1 aliphatic rings. The molecule has 78 valence electrons. The van der Waals surface area contributed by atoms with Crippen molar-refractivity contribution in [2.24, 2.45) is 0 Å². The van der Waals surface area contributed by atoms with Gasteiger partial charge in [-0.05, 0) is 49.5 Å². The lowest BCUT2D eigenvalue weighted by molar-refractivity contribution is 0.664.